The summed E-state index contributed by atoms with van der Waals surface area (Å²) in [6, 6.07) is 68.4. The van der Waals surface area contributed by atoms with Crippen LogP contribution in [-0.2, 0) is 0 Å². The van der Waals surface area contributed by atoms with Crippen molar-refractivity contribution in [1.82, 2.24) is 19.1 Å². The van der Waals surface area contributed by atoms with Gasteiger partial charge in [-0.2, -0.15) is 0 Å². The molecule has 0 radical (unpaired) electrons. The van der Waals surface area contributed by atoms with Crippen LogP contribution in [0, 0.1) is 0 Å². The average Bonchev–Trinajstić information content (AvgIpc) is 3.94. The molecule has 0 bridgehead atoms. The van der Waals surface area contributed by atoms with Crippen molar-refractivity contribution < 1.29 is 4.42 Å². The Bertz CT molecular complexity index is 3490. The zero-order valence-electron chi connectivity index (χ0n) is 30.7. The molecule has 0 unspecified atom stereocenters. The number of hydrogen-bond donors (Lipinski definition) is 0. The number of furan rings is 1. The molecule has 12 rings (SSSR count). The molecule has 266 valence electrons. The highest BCUT2D eigenvalue weighted by Gasteiger charge is 2.24. The van der Waals surface area contributed by atoms with E-state index in [9.17, 15) is 0 Å². The van der Waals surface area contributed by atoms with E-state index in [0.717, 1.165) is 72.1 Å². The zero-order valence-corrected chi connectivity index (χ0v) is 30.7. The Labute approximate surface area is 327 Å². The number of hydrogen-bond acceptors (Lipinski definition) is 3. The van der Waals surface area contributed by atoms with E-state index in [1.54, 1.807) is 0 Å². The standard InChI is InChI=1S/C52H32N4O/c1-5-15-33(16-6-1)47-51-48(54-52(53-47)34-17-7-2-8-18-34)41-28-27-40-43-32-36(26-30-46(43)56(49(40)50(41)57-51)38-21-11-4-12-22-38)35-25-29-45-42(31-35)39-23-13-14-24-44(39)55(45)37-19-9-3-10-20-37/h1-32H. The summed E-state index contributed by atoms with van der Waals surface area (Å²) < 4.78 is 11.7. The minimum atomic E-state index is 0.668. The minimum absolute atomic E-state index is 0.668. The zero-order chi connectivity index (χ0) is 37.5. The Hall–Kier alpha value is -7.76. The maximum absolute atomic E-state index is 7.03. The van der Waals surface area contributed by atoms with Crippen molar-refractivity contribution in [3.05, 3.63) is 194 Å². The molecule has 0 aliphatic carbocycles. The molecular weight excluding hydrogens is 697 g/mol. The van der Waals surface area contributed by atoms with Gasteiger partial charge in [0.05, 0.1) is 22.1 Å². The molecule has 0 fully saturated rings. The lowest BCUT2D eigenvalue weighted by Crippen LogP contribution is -1.93. The maximum Gasteiger partial charge on any atom is 0.180 e. The van der Waals surface area contributed by atoms with Crippen LogP contribution in [0.15, 0.2) is 199 Å². The minimum Gasteiger partial charge on any atom is -0.450 e. The van der Waals surface area contributed by atoms with Gasteiger partial charge in [-0.1, -0.05) is 133 Å². The topological polar surface area (TPSA) is 48.8 Å². The SMILES string of the molecule is c1ccc(-c2nc(-c3ccccc3)c3oc4c(ccc5c6cc(-c7ccc8c(c7)c7ccccc7n8-c7ccccc7)ccc6n(-c6ccccc6)c54)c3n2)cc1. The number of fused-ring (bicyclic) bond motifs is 10. The fourth-order valence-corrected chi connectivity index (χ4v) is 8.74. The Morgan fingerprint density at radius 2 is 0.877 bits per heavy atom. The highest BCUT2D eigenvalue weighted by molar-refractivity contribution is 6.22. The molecule has 5 nitrogen and oxygen atoms in total. The molecular formula is C52H32N4O. The van der Waals surface area contributed by atoms with Crippen molar-refractivity contribution in [2.24, 2.45) is 0 Å². The molecule has 4 heterocycles. The Balaban J connectivity index is 1.12. The van der Waals surface area contributed by atoms with Crippen molar-refractivity contribution in [3.8, 4) is 45.1 Å². The first kappa shape index (κ1) is 31.6. The first-order chi connectivity index (χ1) is 28.3. The van der Waals surface area contributed by atoms with Crippen molar-refractivity contribution in [1.29, 1.82) is 0 Å². The number of rotatable bonds is 5. The molecule has 0 atom stereocenters. The van der Waals surface area contributed by atoms with Crippen LogP contribution in [0.1, 0.15) is 0 Å². The van der Waals surface area contributed by atoms with E-state index in [2.05, 4.69) is 167 Å². The first-order valence-electron chi connectivity index (χ1n) is 19.3. The van der Waals surface area contributed by atoms with Crippen LogP contribution in [-0.4, -0.2) is 19.1 Å². The molecule has 0 spiro atoms. The average molecular weight is 729 g/mol. The molecule has 5 heteroatoms. The van der Waals surface area contributed by atoms with Gasteiger partial charge in [0.2, 0.25) is 0 Å². The number of benzene rings is 8. The van der Waals surface area contributed by atoms with Crippen LogP contribution >= 0.6 is 0 Å². The summed E-state index contributed by atoms with van der Waals surface area (Å²) in [6.07, 6.45) is 0. The van der Waals surface area contributed by atoms with Crippen molar-refractivity contribution in [2.45, 2.75) is 0 Å². The number of aromatic nitrogens is 4. The van der Waals surface area contributed by atoms with Gasteiger partial charge in [0.1, 0.15) is 11.2 Å². The number of para-hydroxylation sites is 3. The van der Waals surface area contributed by atoms with E-state index in [-0.39, 0.29) is 0 Å². The van der Waals surface area contributed by atoms with Crippen LogP contribution in [0.2, 0.25) is 0 Å². The molecule has 0 saturated carbocycles. The molecule has 0 aliphatic heterocycles. The van der Waals surface area contributed by atoms with Crippen molar-refractivity contribution in [2.75, 3.05) is 0 Å². The summed E-state index contributed by atoms with van der Waals surface area (Å²) in [6.45, 7) is 0. The molecule has 12 aromatic rings. The monoisotopic (exact) mass is 728 g/mol. The lowest BCUT2D eigenvalue weighted by atomic mass is 10.0. The summed E-state index contributed by atoms with van der Waals surface area (Å²) >= 11 is 0. The Morgan fingerprint density at radius 1 is 0.351 bits per heavy atom. The van der Waals surface area contributed by atoms with Crippen molar-refractivity contribution >= 4 is 65.7 Å². The summed E-state index contributed by atoms with van der Waals surface area (Å²) in [5.74, 6) is 0.668. The third-order valence-electron chi connectivity index (χ3n) is 11.3. The highest BCUT2D eigenvalue weighted by Crippen LogP contribution is 2.44. The second-order valence-electron chi connectivity index (χ2n) is 14.6. The van der Waals surface area contributed by atoms with Gasteiger partial charge in [0.15, 0.2) is 17.0 Å². The van der Waals surface area contributed by atoms with E-state index in [4.69, 9.17) is 14.4 Å². The fourth-order valence-electron chi connectivity index (χ4n) is 8.74. The molecule has 4 aromatic heterocycles. The molecule has 0 saturated heterocycles. The van der Waals surface area contributed by atoms with Gasteiger partial charge in [-0.3, -0.25) is 0 Å². The quantitative estimate of drug-likeness (QED) is 0.177. The smallest absolute Gasteiger partial charge is 0.180 e. The van der Waals surface area contributed by atoms with E-state index < -0.39 is 0 Å². The van der Waals surface area contributed by atoms with Crippen LogP contribution in [0.3, 0.4) is 0 Å². The van der Waals surface area contributed by atoms with Crippen LogP contribution < -0.4 is 0 Å². The highest BCUT2D eigenvalue weighted by atomic mass is 16.3. The second kappa shape index (κ2) is 12.4. The van der Waals surface area contributed by atoms with Gasteiger partial charge in [0, 0.05) is 49.4 Å². The molecule has 0 N–H and O–H groups in total. The summed E-state index contributed by atoms with van der Waals surface area (Å²) in [7, 11) is 0. The van der Waals surface area contributed by atoms with Crippen LogP contribution in [0.25, 0.3) is 111 Å². The summed E-state index contributed by atoms with van der Waals surface area (Å²) in [4.78, 5) is 10.3. The van der Waals surface area contributed by atoms with Gasteiger partial charge >= 0.3 is 0 Å². The molecule has 8 aromatic carbocycles. The molecule has 0 amide bonds. The number of nitrogens with zero attached hydrogens (tertiary/aromatic N) is 4. The van der Waals surface area contributed by atoms with Gasteiger partial charge < -0.3 is 13.6 Å². The van der Waals surface area contributed by atoms with E-state index in [1.807, 2.05) is 36.4 Å². The predicted octanol–water partition coefficient (Wildman–Crippen LogP) is 13.6. The third-order valence-corrected chi connectivity index (χ3v) is 11.3. The van der Waals surface area contributed by atoms with Crippen LogP contribution in [0.4, 0.5) is 0 Å². The largest absolute Gasteiger partial charge is 0.450 e. The fraction of sp³-hybridized carbons (Fsp3) is 0. The first-order valence-corrected chi connectivity index (χ1v) is 19.3. The van der Waals surface area contributed by atoms with E-state index >= 15 is 0 Å². The van der Waals surface area contributed by atoms with Gasteiger partial charge in [-0.05, 0) is 71.8 Å². The van der Waals surface area contributed by atoms with Crippen LogP contribution in [0.5, 0.6) is 0 Å². The van der Waals surface area contributed by atoms with Gasteiger partial charge in [-0.15, -0.1) is 0 Å². The molecule has 0 aliphatic rings. The normalized spacial score (nSPS) is 11.9. The third kappa shape index (κ3) is 4.82. The lowest BCUT2D eigenvalue weighted by Gasteiger charge is -2.09. The van der Waals surface area contributed by atoms with Gasteiger partial charge in [-0.25, -0.2) is 9.97 Å². The summed E-state index contributed by atoms with van der Waals surface area (Å²) in [5, 5.41) is 5.68. The van der Waals surface area contributed by atoms with E-state index in [1.165, 1.54) is 27.4 Å². The lowest BCUT2D eigenvalue weighted by molar-refractivity contribution is 0.669. The Morgan fingerprint density at radius 3 is 1.56 bits per heavy atom. The van der Waals surface area contributed by atoms with Gasteiger partial charge in [0.25, 0.3) is 0 Å². The summed E-state index contributed by atoms with van der Waals surface area (Å²) in [5.41, 5.74) is 14.0. The second-order valence-corrected chi connectivity index (χ2v) is 14.6. The Kier molecular flexibility index (Phi) is 6.86. The van der Waals surface area contributed by atoms with E-state index in [0.29, 0.717) is 11.4 Å². The maximum atomic E-state index is 7.03. The molecule has 57 heavy (non-hydrogen) atoms. The van der Waals surface area contributed by atoms with Crippen molar-refractivity contribution in [3.63, 3.8) is 0 Å². The predicted molar refractivity (Wildman–Crippen MR) is 234 cm³/mol.